The Labute approximate surface area is 163 Å². The number of nitro groups is 1. The number of amides is 1. The van der Waals surface area contributed by atoms with Crippen molar-refractivity contribution in [3.8, 4) is 17.2 Å². The fourth-order valence-corrected chi connectivity index (χ4v) is 3.21. The summed E-state index contributed by atoms with van der Waals surface area (Å²) in [6.45, 7) is 0. The third kappa shape index (κ3) is 4.07. The van der Waals surface area contributed by atoms with Gasteiger partial charge in [0.1, 0.15) is 5.75 Å². The highest BCUT2D eigenvalue weighted by Gasteiger charge is 2.25. The van der Waals surface area contributed by atoms with E-state index < -0.39 is 10.8 Å². The molecule has 144 valence electrons. The number of thioether (sulfide) groups is 1. The number of phenols is 1. The maximum absolute atomic E-state index is 12.2. The molecule has 0 spiro atoms. The van der Waals surface area contributed by atoms with Gasteiger partial charge in [0, 0.05) is 11.6 Å². The number of hydrogen-bond acceptors (Lipinski definition) is 8. The molecule has 1 aliphatic rings. The molecule has 0 aliphatic carbocycles. The van der Waals surface area contributed by atoms with Crippen molar-refractivity contribution in [1.29, 1.82) is 0 Å². The zero-order chi connectivity index (χ0) is 20.3. The molecule has 0 unspecified atom stereocenters. The smallest absolute Gasteiger partial charge is 0.274 e. The largest absolute Gasteiger partial charge is 0.504 e. The molecule has 28 heavy (non-hydrogen) atoms. The van der Waals surface area contributed by atoms with Crippen LogP contribution in [0, 0.1) is 10.1 Å². The summed E-state index contributed by atoms with van der Waals surface area (Å²) in [5.74, 6) is -0.101. The first-order valence-corrected chi connectivity index (χ1v) is 8.72. The molecule has 1 heterocycles. The Hall–Kier alpha value is -3.53. The molecule has 0 atom stereocenters. The number of carbonyl (C=O) groups is 1. The van der Waals surface area contributed by atoms with Crippen LogP contribution in [0.3, 0.4) is 0 Å². The molecule has 0 bridgehead atoms. The van der Waals surface area contributed by atoms with E-state index in [-0.39, 0.29) is 27.7 Å². The minimum absolute atomic E-state index is 0.0587. The molecule has 3 rings (SSSR count). The monoisotopic (exact) mass is 401 g/mol. The topological polar surface area (TPSA) is 123 Å². The van der Waals surface area contributed by atoms with Crippen LogP contribution in [0.2, 0.25) is 0 Å². The Morgan fingerprint density at radius 2 is 1.93 bits per heavy atom. The predicted octanol–water partition coefficient (Wildman–Crippen LogP) is 3.21. The number of nitro benzene ring substituents is 1. The van der Waals surface area contributed by atoms with Crippen molar-refractivity contribution in [3.63, 3.8) is 0 Å². The van der Waals surface area contributed by atoms with E-state index in [4.69, 9.17) is 9.47 Å². The van der Waals surface area contributed by atoms with Gasteiger partial charge in [-0.15, -0.1) is 0 Å². The standard InChI is InChI=1S/C18H15N3O6S/c1-26-13-5-3-11(4-6-13)19-18-20-17(23)15(28-18)8-10-7-12(21(24)25)9-14(27-2)16(10)22/h3-9,22H,1-2H3,(H,19,20,23)/b15-8+. The van der Waals surface area contributed by atoms with E-state index >= 15 is 0 Å². The summed E-state index contributed by atoms with van der Waals surface area (Å²) >= 11 is 1.05. The molecule has 1 fully saturated rings. The average Bonchev–Trinajstić information content (AvgIpc) is 3.02. The summed E-state index contributed by atoms with van der Waals surface area (Å²) < 4.78 is 10.0. The Bertz CT molecular complexity index is 1000. The van der Waals surface area contributed by atoms with Gasteiger partial charge in [-0.1, -0.05) is 0 Å². The fourth-order valence-electron chi connectivity index (χ4n) is 2.38. The van der Waals surface area contributed by atoms with E-state index in [9.17, 15) is 20.0 Å². The summed E-state index contributed by atoms with van der Waals surface area (Å²) in [5.41, 5.74) is 0.441. The van der Waals surface area contributed by atoms with Crippen LogP contribution in [0.5, 0.6) is 17.2 Å². The Balaban J connectivity index is 1.91. The van der Waals surface area contributed by atoms with Crippen LogP contribution in [0.15, 0.2) is 46.3 Å². The van der Waals surface area contributed by atoms with Gasteiger partial charge < -0.3 is 19.9 Å². The molecular weight excluding hydrogens is 386 g/mol. The van der Waals surface area contributed by atoms with Crippen LogP contribution < -0.4 is 14.8 Å². The van der Waals surface area contributed by atoms with Gasteiger partial charge in [-0.05, 0) is 42.1 Å². The van der Waals surface area contributed by atoms with Crippen LogP contribution in [-0.2, 0) is 4.79 Å². The first-order chi connectivity index (χ1) is 13.4. The first-order valence-electron chi connectivity index (χ1n) is 7.90. The van der Waals surface area contributed by atoms with Crippen LogP contribution in [0.25, 0.3) is 6.08 Å². The van der Waals surface area contributed by atoms with Crippen LogP contribution in [-0.4, -0.2) is 35.3 Å². The van der Waals surface area contributed by atoms with Crippen molar-refractivity contribution in [3.05, 3.63) is 57.0 Å². The number of methoxy groups -OCH3 is 2. The lowest BCUT2D eigenvalue weighted by atomic mass is 10.1. The summed E-state index contributed by atoms with van der Waals surface area (Å²) in [4.78, 5) is 27.2. The summed E-state index contributed by atoms with van der Waals surface area (Å²) in [5, 5.41) is 24.2. The molecule has 2 aromatic rings. The number of carbonyl (C=O) groups excluding carboxylic acids is 1. The van der Waals surface area contributed by atoms with E-state index in [1.54, 1.807) is 31.4 Å². The molecule has 0 aromatic heterocycles. The van der Waals surface area contributed by atoms with Crippen molar-refractivity contribution in [1.82, 2.24) is 5.32 Å². The van der Waals surface area contributed by atoms with Crippen molar-refractivity contribution < 1.29 is 24.3 Å². The Morgan fingerprint density at radius 3 is 2.54 bits per heavy atom. The van der Waals surface area contributed by atoms with Crippen molar-refractivity contribution in [2.75, 3.05) is 14.2 Å². The molecule has 10 heteroatoms. The van der Waals surface area contributed by atoms with Crippen molar-refractivity contribution >= 4 is 40.3 Å². The second kappa shape index (κ2) is 8.01. The molecule has 1 amide bonds. The maximum Gasteiger partial charge on any atom is 0.274 e. The van der Waals surface area contributed by atoms with E-state index in [0.29, 0.717) is 16.6 Å². The van der Waals surface area contributed by atoms with E-state index in [0.717, 1.165) is 23.9 Å². The highest BCUT2D eigenvalue weighted by molar-refractivity contribution is 8.18. The third-order valence-electron chi connectivity index (χ3n) is 3.76. The fraction of sp³-hybridized carbons (Fsp3) is 0.111. The van der Waals surface area contributed by atoms with E-state index in [2.05, 4.69) is 10.3 Å². The lowest BCUT2D eigenvalue weighted by Gasteiger charge is -2.06. The second-order valence-corrected chi connectivity index (χ2v) is 6.55. The number of amidine groups is 1. The number of ether oxygens (including phenoxy) is 2. The van der Waals surface area contributed by atoms with Gasteiger partial charge in [0.25, 0.3) is 11.6 Å². The predicted molar refractivity (Wildman–Crippen MR) is 105 cm³/mol. The number of hydrogen-bond donors (Lipinski definition) is 2. The average molecular weight is 401 g/mol. The zero-order valence-electron chi connectivity index (χ0n) is 14.8. The number of phenolic OH excluding ortho intramolecular Hbond substituents is 1. The molecule has 1 saturated heterocycles. The van der Waals surface area contributed by atoms with Gasteiger partial charge >= 0.3 is 0 Å². The van der Waals surface area contributed by atoms with Gasteiger partial charge in [-0.2, -0.15) is 0 Å². The molecular formula is C18H15N3O6S. The van der Waals surface area contributed by atoms with Crippen LogP contribution in [0.4, 0.5) is 11.4 Å². The number of nitrogens with zero attached hydrogens (tertiary/aromatic N) is 2. The van der Waals surface area contributed by atoms with Crippen LogP contribution >= 0.6 is 11.8 Å². The van der Waals surface area contributed by atoms with E-state index in [1.807, 2.05) is 0 Å². The lowest BCUT2D eigenvalue weighted by molar-refractivity contribution is -0.385. The second-order valence-electron chi connectivity index (χ2n) is 5.52. The highest BCUT2D eigenvalue weighted by atomic mass is 32.2. The number of aromatic hydroxyl groups is 1. The summed E-state index contributed by atoms with van der Waals surface area (Å²) in [6.07, 6.45) is 1.35. The number of nitrogens with one attached hydrogen (secondary N) is 1. The molecule has 9 nitrogen and oxygen atoms in total. The summed E-state index contributed by atoms with van der Waals surface area (Å²) in [7, 11) is 2.84. The number of rotatable bonds is 5. The number of non-ortho nitro benzene ring substituents is 1. The molecule has 1 aliphatic heterocycles. The highest BCUT2D eigenvalue weighted by Crippen LogP contribution is 2.38. The maximum atomic E-state index is 12.2. The van der Waals surface area contributed by atoms with Crippen molar-refractivity contribution in [2.24, 2.45) is 4.99 Å². The van der Waals surface area contributed by atoms with Gasteiger partial charge in [0.15, 0.2) is 16.7 Å². The molecule has 0 radical (unpaired) electrons. The Kier molecular flexibility index (Phi) is 5.50. The molecule has 2 aromatic carbocycles. The normalized spacial score (nSPS) is 16.3. The zero-order valence-corrected chi connectivity index (χ0v) is 15.6. The first kappa shape index (κ1) is 19.2. The minimum atomic E-state index is -0.609. The molecule has 2 N–H and O–H groups in total. The van der Waals surface area contributed by atoms with Gasteiger partial charge in [-0.3, -0.25) is 14.9 Å². The number of benzene rings is 2. The van der Waals surface area contributed by atoms with Crippen molar-refractivity contribution in [2.45, 2.75) is 0 Å². The van der Waals surface area contributed by atoms with E-state index in [1.165, 1.54) is 13.2 Å². The quantitative estimate of drug-likeness (QED) is 0.448. The minimum Gasteiger partial charge on any atom is -0.504 e. The van der Waals surface area contributed by atoms with Crippen LogP contribution in [0.1, 0.15) is 5.56 Å². The third-order valence-corrected chi connectivity index (χ3v) is 4.67. The lowest BCUT2D eigenvalue weighted by Crippen LogP contribution is -2.19. The van der Waals surface area contributed by atoms with Gasteiger partial charge in [-0.25, -0.2) is 4.99 Å². The van der Waals surface area contributed by atoms with Gasteiger partial charge in [0.05, 0.1) is 35.8 Å². The summed E-state index contributed by atoms with van der Waals surface area (Å²) in [6, 6.07) is 9.22. The Morgan fingerprint density at radius 1 is 1.21 bits per heavy atom. The number of aliphatic imine (C=N–C) groups is 1. The SMILES string of the molecule is COc1ccc(N=C2NC(=O)/C(=C\c3cc([N+](=O)[O-])cc(OC)c3O)S2)cc1. The van der Waals surface area contributed by atoms with Gasteiger partial charge in [0.2, 0.25) is 0 Å². The molecule has 0 saturated carbocycles.